The van der Waals surface area contributed by atoms with E-state index in [9.17, 15) is 4.79 Å². The first-order valence-electron chi connectivity index (χ1n) is 7.40. The van der Waals surface area contributed by atoms with E-state index in [1.54, 1.807) is 0 Å². The van der Waals surface area contributed by atoms with E-state index in [1.165, 1.54) is 24.9 Å². The molecular weight excluding hydrogens is 236 g/mol. The lowest BCUT2D eigenvalue weighted by Crippen LogP contribution is -2.52. The molecule has 2 saturated heterocycles. The number of rotatable bonds is 2. The quantitative estimate of drug-likeness (QED) is 0.811. The summed E-state index contributed by atoms with van der Waals surface area (Å²) in [4.78, 5) is 17.1. The molecule has 0 saturated carbocycles. The summed E-state index contributed by atoms with van der Waals surface area (Å²) in [6, 6.07) is 8.69. The molecule has 0 N–H and O–H groups in total. The fourth-order valence-electron chi connectivity index (χ4n) is 3.24. The van der Waals surface area contributed by atoms with Crippen molar-refractivity contribution in [2.24, 2.45) is 0 Å². The monoisotopic (exact) mass is 258 g/mol. The Morgan fingerprint density at radius 1 is 1.21 bits per heavy atom. The molecule has 2 heterocycles. The maximum atomic E-state index is 12.5. The molecular formula is C16H22N2O. The Kier molecular flexibility index (Phi) is 3.56. The minimum absolute atomic E-state index is 0.203. The SMILES string of the molecule is CCc1ccc(C(=O)N2CCN3CCCC3C2)cc1. The van der Waals surface area contributed by atoms with Crippen molar-refractivity contribution >= 4 is 5.91 Å². The van der Waals surface area contributed by atoms with Gasteiger partial charge in [-0.15, -0.1) is 0 Å². The maximum absolute atomic E-state index is 12.5. The highest BCUT2D eigenvalue weighted by Crippen LogP contribution is 2.22. The van der Waals surface area contributed by atoms with Crippen molar-refractivity contribution in [2.75, 3.05) is 26.2 Å². The first kappa shape index (κ1) is 12.7. The van der Waals surface area contributed by atoms with Crippen LogP contribution in [0.15, 0.2) is 24.3 Å². The molecule has 2 aliphatic heterocycles. The Balaban J connectivity index is 1.69. The van der Waals surface area contributed by atoms with Crippen LogP contribution in [0.5, 0.6) is 0 Å². The van der Waals surface area contributed by atoms with Crippen LogP contribution in [0, 0.1) is 0 Å². The van der Waals surface area contributed by atoms with Crippen LogP contribution in [0.2, 0.25) is 0 Å². The zero-order valence-corrected chi connectivity index (χ0v) is 11.6. The van der Waals surface area contributed by atoms with Gasteiger partial charge in [0.05, 0.1) is 0 Å². The zero-order chi connectivity index (χ0) is 13.2. The topological polar surface area (TPSA) is 23.6 Å². The molecule has 1 amide bonds. The Hall–Kier alpha value is -1.35. The largest absolute Gasteiger partial charge is 0.336 e. The molecule has 1 aromatic carbocycles. The highest BCUT2D eigenvalue weighted by Gasteiger charge is 2.32. The van der Waals surface area contributed by atoms with E-state index in [-0.39, 0.29) is 5.91 Å². The third-order valence-corrected chi connectivity index (χ3v) is 4.48. The van der Waals surface area contributed by atoms with Crippen molar-refractivity contribution in [3.63, 3.8) is 0 Å². The Labute approximate surface area is 115 Å². The van der Waals surface area contributed by atoms with Crippen LogP contribution in [0.3, 0.4) is 0 Å². The van der Waals surface area contributed by atoms with Gasteiger partial charge < -0.3 is 4.90 Å². The predicted octanol–water partition coefficient (Wildman–Crippen LogP) is 2.17. The smallest absolute Gasteiger partial charge is 0.253 e. The lowest BCUT2D eigenvalue weighted by atomic mass is 10.1. The lowest BCUT2D eigenvalue weighted by Gasteiger charge is -2.37. The Bertz CT molecular complexity index is 454. The number of fused-ring (bicyclic) bond motifs is 1. The van der Waals surface area contributed by atoms with Crippen LogP contribution in [0.4, 0.5) is 0 Å². The zero-order valence-electron chi connectivity index (χ0n) is 11.6. The third-order valence-electron chi connectivity index (χ3n) is 4.48. The highest BCUT2D eigenvalue weighted by atomic mass is 16.2. The van der Waals surface area contributed by atoms with Crippen LogP contribution < -0.4 is 0 Å². The van der Waals surface area contributed by atoms with Gasteiger partial charge in [0.2, 0.25) is 0 Å². The number of carbonyl (C=O) groups excluding carboxylic acids is 1. The summed E-state index contributed by atoms with van der Waals surface area (Å²) in [5.41, 5.74) is 2.13. The number of nitrogens with zero attached hydrogens (tertiary/aromatic N) is 2. The molecule has 0 bridgehead atoms. The van der Waals surface area contributed by atoms with Crippen molar-refractivity contribution in [3.05, 3.63) is 35.4 Å². The van der Waals surface area contributed by atoms with Crippen molar-refractivity contribution in [3.8, 4) is 0 Å². The standard InChI is InChI=1S/C16H22N2O/c1-2-13-5-7-14(8-6-13)16(19)18-11-10-17-9-3-4-15(17)12-18/h5-8,15H,2-4,9-12H2,1H3. The van der Waals surface area contributed by atoms with Crippen LogP contribution >= 0.6 is 0 Å². The molecule has 1 aromatic rings. The fourth-order valence-corrected chi connectivity index (χ4v) is 3.24. The summed E-state index contributed by atoms with van der Waals surface area (Å²) < 4.78 is 0. The number of hydrogen-bond acceptors (Lipinski definition) is 2. The molecule has 2 fully saturated rings. The van der Waals surface area contributed by atoms with E-state index in [0.29, 0.717) is 6.04 Å². The molecule has 0 radical (unpaired) electrons. The van der Waals surface area contributed by atoms with Gasteiger partial charge in [0, 0.05) is 31.2 Å². The second-order valence-electron chi connectivity index (χ2n) is 5.63. The third kappa shape index (κ3) is 2.52. The molecule has 0 spiro atoms. The molecule has 3 heteroatoms. The van der Waals surface area contributed by atoms with Crippen molar-refractivity contribution in [1.82, 2.24) is 9.80 Å². The van der Waals surface area contributed by atoms with Gasteiger partial charge in [0.25, 0.3) is 5.91 Å². The molecule has 0 aliphatic carbocycles. The summed E-state index contributed by atoms with van der Waals surface area (Å²) in [6.07, 6.45) is 3.56. The predicted molar refractivity (Wildman–Crippen MR) is 76.3 cm³/mol. The van der Waals surface area contributed by atoms with Crippen LogP contribution in [0.25, 0.3) is 0 Å². The van der Waals surface area contributed by atoms with E-state index in [1.807, 2.05) is 17.0 Å². The van der Waals surface area contributed by atoms with E-state index >= 15 is 0 Å². The second-order valence-corrected chi connectivity index (χ2v) is 5.63. The van der Waals surface area contributed by atoms with Crippen molar-refractivity contribution in [2.45, 2.75) is 32.2 Å². The van der Waals surface area contributed by atoms with Gasteiger partial charge in [-0.05, 0) is 43.5 Å². The minimum Gasteiger partial charge on any atom is -0.336 e. The van der Waals surface area contributed by atoms with Gasteiger partial charge in [0.15, 0.2) is 0 Å². The van der Waals surface area contributed by atoms with Gasteiger partial charge in [0.1, 0.15) is 0 Å². The Morgan fingerprint density at radius 2 is 2.00 bits per heavy atom. The lowest BCUT2D eigenvalue weighted by molar-refractivity contribution is 0.0571. The normalized spacial score (nSPS) is 23.4. The Morgan fingerprint density at radius 3 is 2.74 bits per heavy atom. The number of aryl methyl sites for hydroxylation is 1. The van der Waals surface area contributed by atoms with Gasteiger partial charge in [-0.25, -0.2) is 0 Å². The van der Waals surface area contributed by atoms with Crippen LogP contribution in [-0.2, 0) is 6.42 Å². The second kappa shape index (κ2) is 5.33. The van der Waals surface area contributed by atoms with E-state index in [2.05, 4.69) is 24.0 Å². The molecule has 3 nitrogen and oxygen atoms in total. The van der Waals surface area contributed by atoms with E-state index < -0.39 is 0 Å². The van der Waals surface area contributed by atoms with Crippen molar-refractivity contribution in [1.29, 1.82) is 0 Å². The number of hydrogen-bond donors (Lipinski definition) is 0. The number of piperazine rings is 1. The average molecular weight is 258 g/mol. The summed E-state index contributed by atoms with van der Waals surface area (Å²) in [7, 11) is 0. The minimum atomic E-state index is 0.203. The highest BCUT2D eigenvalue weighted by molar-refractivity contribution is 5.94. The first-order chi connectivity index (χ1) is 9.28. The van der Waals surface area contributed by atoms with E-state index in [4.69, 9.17) is 0 Å². The van der Waals surface area contributed by atoms with Gasteiger partial charge in [-0.2, -0.15) is 0 Å². The summed E-state index contributed by atoms with van der Waals surface area (Å²) in [6.45, 7) is 6.19. The summed E-state index contributed by atoms with van der Waals surface area (Å²) >= 11 is 0. The molecule has 1 unspecified atom stereocenters. The maximum Gasteiger partial charge on any atom is 0.253 e. The molecule has 0 aromatic heterocycles. The van der Waals surface area contributed by atoms with Gasteiger partial charge >= 0.3 is 0 Å². The number of carbonyl (C=O) groups is 1. The molecule has 19 heavy (non-hydrogen) atoms. The fraction of sp³-hybridized carbons (Fsp3) is 0.562. The van der Waals surface area contributed by atoms with Gasteiger partial charge in [-0.1, -0.05) is 19.1 Å². The molecule has 3 rings (SSSR count). The number of benzene rings is 1. The summed E-state index contributed by atoms with van der Waals surface area (Å²) in [5, 5.41) is 0. The van der Waals surface area contributed by atoms with Crippen LogP contribution in [-0.4, -0.2) is 47.9 Å². The van der Waals surface area contributed by atoms with Crippen molar-refractivity contribution < 1.29 is 4.79 Å². The first-order valence-corrected chi connectivity index (χ1v) is 7.40. The number of amides is 1. The van der Waals surface area contributed by atoms with E-state index in [0.717, 1.165) is 31.6 Å². The van der Waals surface area contributed by atoms with Gasteiger partial charge in [-0.3, -0.25) is 9.69 Å². The molecule has 102 valence electrons. The summed E-state index contributed by atoms with van der Waals surface area (Å²) in [5.74, 6) is 0.203. The average Bonchev–Trinajstić information content (AvgIpc) is 2.94. The molecule has 1 atom stereocenters. The molecule has 2 aliphatic rings. The van der Waals surface area contributed by atoms with Crippen LogP contribution in [0.1, 0.15) is 35.7 Å².